The second kappa shape index (κ2) is 7.32. The standard InChI is InChI=1S/C15H19NO3S2/c1-21(18,19)15-12-20-10-8-16(15)11-14-6-4-13(5-7-14)3-2-9-17/h4-7,15,17H,8-12H2,1H3. The molecule has 1 atom stereocenters. The highest BCUT2D eigenvalue weighted by Gasteiger charge is 2.30. The second-order valence-electron chi connectivity index (χ2n) is 4.99. The van der Waals surface area contributed by atoms with E-state index in [9.17, 15) is 8.42 Å². The number of nitrogens with zero attached hydrogens (tertiary/aromatic N) is 1. The first kappa shape index (κ1) is 16.4. The van der Waals surface area contributed by atoms with Gasteiger partial charge in [0.25, 0.3) is 0 Å². The molecule has 0 saturated carbocycles. The summed E-state index contributed by atoms with van der Waals surface area (Å²) < 4.78 is 23.7. The van der Waals surface area contributed by atoms with E-state index < -0.39 is 15.2 Å². The van der Waals surface area contributed by atoms with Crippen LogP contribution in [-0.2, 0) is 16.4 Å². The third-order valence-corrected chi connectivity index (χ3v) is 6.02. The number of sulfone groups is 1. The number of aliphatic hydroxyl groups is 1. The van der Waals surface area contributed by atoms with Gasteiger partial charge in [-0.2, -0.15) is 11.8 Å². The number of hydrogen-bond donors (Lipinski definition) is 1. The van der Waals surface area contributed by atoms with E-state index in [-0.39, 0.29) is 6.61 Å². The lowest BCUT2D eigenvalue weighted by Gasteiger charge is -2.33. The maximum atomic E-state index is 11.9. The van der Waals surface area contributed by atoms with Crippen molar-refractivity contribution in [2.24, 2.45) is 0 Å². The molecule has 21 heavy (non-hydrogen) atoms. The highest BCUT2D eigenvalue weighted by molar-refractivity contribution is 8.00. The van der Waals surface area contributed by atoms with Crippen LogP contribution in [0.3, 0.4) is 0 Å². The summed E-state index contributed by atoms with van der Waals surface area (Å²) in [6.45, 7) is 1.27. The van der Waals surface area contributed by atoms with Gasteiger partial charge in [-0.05, 0) is 17.7 Å². The lowest BCUT2D eigenvalue weighted by molar-refractivity contribution is 0.262. The van der Waals surface area contributed by atoms with Crippen molar-refractivity contribution < 1.29 is 13.5 Å². The van der Waals surface area contributed by atoms with Gasteiger partial charge in [-0.3, -0.25) is 4.90 Å². The summed E-state index contributed by atoms with van der Waals surface area (Å²) in [6.07, 6.45) is 1.31. The zero-order chi connectivity index (χ0) is 15.3. The van der Waals surface area contributed by atoms with Crippen molar-refractivity contribution in [1.29, 1.82) is 0 Å². The lowest BCUT2D eigenvalue weighted by Crippen LogP contribution is -2.46. The Hall–Kier alpha value is -1.00. The summed E-state index contributed by atoms with van der Waals surface area (Å²) in [5.74, 6) is 7.05. The van der Waals surface area contributed by atoms with Crippen molar-refractivity contribution in [3.05, 3.63) is 35.4 Å². The van der Waals surface area contributed by atoms with Gasteiger partial charge in [0.1, 0.15) is 12.0 Å². The van der Waals surface area contributed by atoms with Gasteiger partial charge < -0.3 is 5.11 Å². The van der Waals surface area contributed by atoms with Crippen LogP contribution in [0.1, 0.15) is 11.1 Å². The summed E-state index contributed by atoms with van der Waals surface area (Å²) in [5, 5.41) is 8.27. The van der Waals surface area contributed by atoms with E-state index >= 15 is 0 Å². The van der Waals surface area contributed by atoms with Crippen molar-refractivity contribution in [1.82, 2.24) is 4.90 Å². The molecular formula is C15H19NO3S2. The van der Waals surface area contributed by atoms with E-state index in [1.165, 1.54) is 6.26 Å². The molecule has 1 aromatic carbocycles. The SMILES string of the molecule is CS(=O)(=O)C1CSCCN1Cc1ccc(C#CCO)cc1. The smallest absolute Gasteiger partial charge is 0.164 e. The molecule has 0 bridgehead atoms. The second-order valence-corrected chi connectivity index (χ2v) is 8.34. The van der Waals surface area contributed by atoms with Gasteiger partial charge in [0.05, 0.1) is 0 Å². The van der Waals surface area contributed by atoms with Crippen molar-refractivity contribution in [2.75, 3.05) is 30.9 Å². The summed E-state index contributed by atoms with van der Waals surface area (Å²) in [7, 11) is -3.06. The van der Waals surface area contributed by atoms with Crippen LogP contribution < -0.4 is 0 Å². The molecule has 4 nitrogen and oxygen atoms in total. The summed E-state index contributed by atoms with van der Waals surface area (Å²) in [4.78, 5) is 2.03. The molecule has 1 aromatic rings. The molecule has 0 radical (unpaired) electrons. The molecule has 6 heteroatoms. The molecule has 0 spiro atoms. The van der Waals surface area contributed by atoms with Crippen LogP contribution in [0.4, 0.5) is 0 Å². The van der Waals surface area contributed by atoms with E-state index in [0.29, 0.717) is 12.3 Å². The van der Waals surface area contributed by atoms with Gasteiger partial charge in [0, 0.05) is 36.4 Å². The fourth-order valence-electron chi connectivity index (χ4n) is 2.26. The van der Waals surface area contributed by atoms with E-state index in [1.54, 1.807) is 11.8 Å². The van der Waals surface area contributed by atoms with Crippen molar-refractivity contribution in [2.45, 2.75) is 11.9 Å². The Morgan fingerprint density at radius 3 is 2.71 bits per heavy atom. The number of benzene rings is 1. The fourth-order valence-corrected chi connectivity index (χ4v) is 5.20. The van der Waals surface area contributed by atoms with E-state index in [1.807, 2.05) is 29.2 Å². The minimum atomic E-state index is -3.06. The molecule has 1 aliphatic rings. The minimum absolute atomic E-state index is 0.150. The first-order valence-corrected chi connectivity index (χ1v) is 9.81. The molecule has 114 valence electrons. The van der Waals surface area contributed by atoms with Crippen LogP contribution in [0.15, 0.2) is 24.3 Å². The van der Waals surface area contributed by atoms with Gasteiger partial charge in [-0.1, -0.05) is 24.0 Å². The molecule has 2 rings (SSSR count). The van der Waals surface area contributed by atoms with Crippen LogP contribution >= 0.6 is 11.8 Å². The molecule has 1 fully saturated rings. The largest absolute Gasteiger partial charge is 0.384 e. The number of hydrogen-bond acceptors (Lipinski definition) is 5. The third kappa shape index (κ3) is 4.75. The van der Waals surface area contributed by atoms with Gasteiger partial charge in [-0.25, -0.2) is 8.42 Å². The Kier molecular flexibility index (Phi) is 5.71. The number of rotatable bonds is 3. The van der Waals surface area contributed by atoms with E-state index in [2.05, 4.69) is 11.8 Å². The van der Waals surface area contributed by atoms with Crippen LogP contribution in [-0.4, -0.2) is 54.7 Å². The molecule has 1 heterocycles. The van der Waals surface area contributed by atoms with Crippen LogP contribution in [0.5, 0.6) is 0 Å². The average Bonchev–Trinajstić information content (AvgIpc) is 2.46. The first-order valence-electron chi connectivity index (χ1n) is 6.70. The van der Waals surface area contributed by atoms with E-state index in [0.717, 1.165) is 23.4 Å². The summed E-state index contributed by atoms with van der Waals surface area (Å²) >= 11 is 1.69. The summed E-state index contributed by atoms with van der Waals surface area (Å²) in [5.41, 5.74) is 1.92. The fraction of sp³-hybridized carbons (Fsp3) is 0.467. The maximum Gasteiger partial charge on any atom is 0.164 e. The molecule has 1 N–H and O–H groups in total. The highest BCUT2D eigenvalue weighted by atomic mass is 32.2. The predicted molar refractivity (Wildman–Crippen MR) is 86.8 cm³/mol. The number of aliphatic hydroxyl groups excluding tert-OH is 1. The van der Waals surface area contributed by atoms with Crippen LogP contribution in [0, 0.1) is 11.8 Å². The molecule has 1 unspecified atom stereocenters. The Balaban J connectivity index is 2.09. The number of thioether (sulfide) groups is 1. The van der Waals surface area contributed by atoms with Crippen molar-refractivity contribution in [3.8, 4) is 11.8 Å². The monoisotopic (exact) mass is 325 g/mol. The zero-order valence-corrected chi connectivity index (χ0v) is 13.6. The van der Waals surface area contributed by atoms with E-state index in [4.69, 9.17) is 5.11 Å². The summed E-state index contributed by atoms with van der Waals surface area (Å²) in [6, 6.07) is 7.71. The average molecular weight is 325 g/mol. The Bertz CT molecular complexity index is 629. The molecule has 1 saturated heterocycles. The Morgan fingerprint density at radius 2 is 2.10 bits per heavy atom. The molecular weight excluding hydrogens is 306 g/mol. The molecule has 1 aliphatic heterocycles. The Morgan fingerprint density at radius 1 is 1.38 bits per heavy atom. The molecule has 0 amide bonds. The van der Waals surface area contributed by atoms with Crippen LogP contribution in [0.2, 0.25) is 0 Å². The van der Waals surface area contributed by atoms with Gasteiger partial charge in [0.2, 0.25) is 0 Å². The van der Waals surface area contributed by atoms with Gasteiger partial charge >= 0.3 is 0 Å². The quantitative estimate of drug-likeness (QED) is 0.839. The van der Waals surface area contributed by atoms with Crippen molar-refractivity contribution >= 4 is 21.6 Å². The topological polar surface area (TPSA) is 57.6 Å². The minimum Gasteiger partial charge on any atom is -0.384 e. The predicted octanol–water partition coefficient (Wildman–Crippen LogP) is 0.950. The normalized spacial score (nSPS) is 19.8. The molecule has 0 aromatic heterocycles. The molecule has 0 aliphatic carbocycles. The first-order chi connectivity index (χ1) is 10.0. The van der Waals surface area contributed by atoms with Crippen molar-refractivity contribution in [3.63, 3.8) is 0 Å². The third-order valence-electron chi connectivity index (χ3n) is 3.34. The lowest BCUT2D eigenvalue weighted by atomic mass is 10.1. The highest BCUT2D eigenvalue weighted by Crippen LogP contribution is 2.22. The van der Waals surface area contributed by atoms with Gasteiger partial charge in [-0.15, -0.1) is 0 Å². The zero-order valence-electron chi connectivity index (χ0n) is 11.9. The van der Waals surface area contributed by atoms with Gasteiger partial charge in [0.15, 0.2) is 9.84 Å². The maximum absolute atomic E-state index is 11.9. The van der Waals surface area contributed by atoms with Crippen LogP contribution in [0.25, 0.3) is 0 Å². The Labute approximate surface area is 130 Å².